The van der Waals surface area contributed by atoms with E-state index in [9.17, 15) is 14.0 Å². The number of hydrogen-bond acceptors (Lipinski definition) is 3. The molecule has 4 nitrogen and oxygen atoms in total. The molecule has 29 heavy (non-hydrogen) atoms. The number of hydrogen-bond donors (Lipinski definition) is 1. The van der Waals surface area contributed by atoms with Crippen LogP contribution in [0.5, 0.6) is 0 Å². The number of rotatable bonds is 4. The number of imide groups is 1. The van der Waals surface area contributed by atoms with Crippen LogP contribution in [0, 0.1) is 12.7 Å². The van der Waals surface area contributed by atoms with Gasteiger partial charge in [-0.15, -0.1) is 0 Å². The minimum atomic E-state index is -0.530. The topological polar surface area (TPSA) is 49.4 Å². The lowest BCUT2D eigenvalue weighted by atomic mass is 10.0. The third-order valence-electron chi connectivity index (χ3n) is 4.58. The average Bonchev–Trinajstić information content (AvgIpc) is 2.92. The highest BCUT2D eigenvalue weighted by atomic mass is 35.5. The Hall–Kier alpha value is -3.44. The molecule has 4 rings (SSSR count). The first-order chi connectivity index (χ1) is 13.9. The predicted octanol–water partition coefficient (Wildman–Crippen LogP) is 5.18. The number of nitrogens with one attached hydrogen (secondary N) is 1. The number of carbonyl (C=O) groups excluding carboxylic acids is 2. The van der Waals surface area contributed by atoms with Gasteiger partial charge in [0.2, 0.25) is 0 Å². The quantitative estimate of drug-likeness (QED) is 0.607. The Kier molecular flexibility index (Phi) is 4.91. The van der Waals surface area contributed by atoms with Gasteiger partial charge in [-0.2, -0.15) is 0 Å². The average molecular weight is 407 g/mol. The third-order valence-corrected chi connectivity index (χ3v) is 4.82. The van der Waals surface area contributed by atoms with Crippen molar-refractivity contribution in [3.63, 3.8) is 0 Å². The number of halogens is 2. The zero-order valence-electron chi connectivity index (χ0n) is 15.4. The fraction of sp³-hybridized carbons (Fsp3) is 0.0435. The summed E-state index contributed by atoms with van der Waals surface area (Å²) in [5, 5.41) is 3.34. The van der Waals surface area contributed by atoms with Gasteiger partial charge in [-0.05, 0) is 48.9 Å². The molecular weight excluding hydrogens is 391 g/mol. The van der Waals surface area contributed by atoms with E-state index in [1.54, 1.807) is 42.5 Å². The third kappa shape index (κ3) is 3.65. The molecule has 0 aromatic heterocycles. The number of amides is 2. The van der Waals surface area contributed by atoms with Gasteiger partial charge in [0.05, 0.1) is 11.3 Å². The van der Waals surface area contributed by atoms with E-state index in [1.807, 2.05) is 19.1 Å². The maximum absolute atomic E-state index is 13.6. The summed E-state index contributed by atoms with van der Waals surface area (Å²) in [6.45, 7) is 1.93. The van der Waals surface area contributed by atoms with Crippen molar-refractivity contribution in [1.29, 1.82) is 0 Å². The summed E-state index contributed by atoms with van der Waals surface area (Å²) in [4.78, 5) is 27.6. The molecule has 0 spiro atoms. The summed E-state index contributed by atoms with van der Waals surface area (Å²) in [6.07, 6.45) is 0. The van der Waals surface area contributed by atoms with Crippen molar-refractivity contribution in [3.05, 3.63) is 100 Å². The number of benzene rings is 3. The van der Waals surface area contributed by atoms with Crippen molar-refractivity contribution < 1.29 is 14.0 Å². The van der Waals surface area contributed by atoms with Gasteiger partial charge in [0.1, 0.15) is 11.5 Å². The maximum Gasteiger partial charge on any atom is 0.282 e. The molecule has 0 fully saturated rings. The summed E-state index contributed by atoms with van der Waals surface area (Å²) in [6, 6.07) is 19.5. The van der Waals surface area contributed by atoms with Crippen LogP contribution < -0.4 is 10.2 Å². The molecule has 1 aliphatic rings. The van der Waals surface area contributed by atoms with Crippen LogP contribution in [0.25, 0.3) is 5.57 Å². The van der Waals surface area contributed by atoms with E-state index in [4.69, 9.17) is 11.6 Å². The Morgan fingerprint density at radius 1 is 0.897 bits per heavy atom. The van der Waals surface area contributed by atoms with Gasteiger partial charge in [-0.3, -0.25) is 9.59 Å². The molecule has 0 saturated heterocycles. The van der Waals surface area contributed by atoms with Gasteiger partial charge in [0.15, 0.2) is 0 Å². The maximum atomic E-state index is 13.6. The first kappa shape index (κ1) is 18.9. The summed E-state index contributed by atoms with van der Waals surface area (Å²) in [7, 11) is 0. The molecule has 0 saturated carbocycles. The molecule has 0 atom stereocenters. The molecular formula is C23H16ClFN2O2. The minimum Gasteiger partial charge on any atom is -0.350 e. The first-order valence-electron chi connectivity index (χ1n) is 8.92. The van der Waals surface area contributed by atoms with Gasteiger partial charge in [0, 0.05) is 10.7 Å². The highest BCUT2D eigenvalue weighted by molar-refractivity contribution is 6.46. The van der Waals surface area contributed by atoms with E-state index in [-0.39, 0.29) is 11.3 Å². The van der Waals surface area contributed by atoms with Gasteiger partial charge < -0.3 is 5.32 Å². The van der Waals surface area contributed by atoms with Crippen molar-refractivity contribution in [3.8, 4) is 0 Å². The molecule has 3 aromatic rings. The lowest BCUT2D eigenvalue weighted by Crippen LogP contribution is -2.32. The Morgan fingerprint density at radius 3 is 2.31 bits per heavy atom. The molecule has 1 N–H and O–H groups in total. The molecule has 0 aliphatic carbocycles. The second-order valence-electron chi connectivity index (χ2n) is 6.68. The van der Waals surface area contributed by atoms with Crippen LogP contribution >= 0.6 is 11.6 Å². The van der Waals surface area contributed by atoms with E-state index >= 15 is 0 Å². The second-order valence-corrected chi connectivity index (χ2v) is 7.11. The largest absolute Gasteiger partial charge is 0.350 e. The van der Waals surface area contributed by atoms with Crippen molar-refractivity contribution in [2.24, 2.45) is 0 Å². The van der Waals surface area contributed by atoms with E-state index in [2.05, 4.69) is 5.32 Å². The molecule has 0 bridgehead atoms. The summed E-state index contributed by atoms with van der Waals surface area (Å²) >= 11 is 6.05. The van der Waals surface area contributed by atoms with Crippen molar-refractivity contribution in [2.75, 3.05) is 10.2 Å². The number of anilines is 2. The van der Waals surface area contributed by atoms with Crippen LogP contribution in [-0.2, 0) is 9.59 Å². The summed E-state index contributed by atoms with van der Waals surface area (Å²) < 4.78 is 13.6. The van der Waals surface area contributed by atoms with Crippen molar-refractivity contribution >= 4 is 40.4 Å². The molecule has 0 unspecified atom stereocenters. The Bertz CT molecular complexity index is 1160. The predicted molar refractivity (Wildman–Crippen MR) is 112 cm³/mol. The molecule has 3 aromatic carbocycles. The fourth-order valence-corrected chi connectivity index (χ4v) is 3.38. The van der Waals surface area contributed by atoms with Crippen LogP contribution in [0.2, 0.25) is 5.02 Å². The van der Waals surface area contributed by atoms with Crippen LogP contribution in [0.4, 0.5) is 15.8 Å². The van der Waals surface area contributed by atoms with E-state index < -0.39 is 17.6 Å². The minimum absolute atomic E-state index is 0.0874. The van der Waals surface area contributed by atoms with Crippen LogP contribution in [0.15, 0.2) is 78.5 Å². The standard InChI is InChI=1S/C23H16ClFN2O2/c1-14-8-10-15(11-9-14)20-21(26-18-6-3-5-17(25)13-18)23(29)27(22(20)28)19-7-2-4-16(24)12-19/h2-13,26H,1H3. The highest BCUT2D eigenvalue weighted by Crippen LogP contribution is 2.34. The lowest BCUT2D eigenvalue weighted by Gasteiger charge is -2.15. The summed E-state index contributed by atoms with van der Waals surface area (Å²) in [5.41, 5.74) is 2.67. The zero-order valence-corrected chi connectivity index (χ0v) is 16.2. The molecule has 6 heteroatoms. The Morgan fingerprint density at radius 2 is 1.62 bits per heavy atom. The number of aryl methyl sites for hydroxylation is 1. The fourth-order valence-electron chi connectivity index (χ4n) is 3.19. The van der Waals surface area contributed by atoms with Crippen LogP contribution in [0.3, 0.4) is 0 Å². The molecule has 0 radical (unpaired) electrons. The second kappa shape index (κ2) is 7.53. The van der Waals surface area contributed by atoms with E-state index in [1.165, 1.54) is 18.2 Å². The van der Waals surface area contributed by atoms with Crippen LogP contribution in [-0.4, -0.2) is 11.8 Å². The highest BCUT2D eigenvalue weighted by Gasteiger charge is 2.40. The first-order valence-corrected chi connectivity index (χ1v) is 9.30. The van der Waals surface area contributed by atoms with E-state index in [0.717, 1.165) is 10.5 Å². The molecule has 2 amide bonds. The number of nitrogens with zero attached hydrogens (tertiary/aromatic N) is 1. The Balaban J connectivity index is 1.83. The SMILES string of the molecule is Cc1ccc(C2=C(Nc3cccc(F)c3)C(=O)N(c3cccc(Cl)c3)C2=O)cc1. The van der Waals surface area contributed by atoms with Crippen molar-refractivity contribution in [2.45, 2.75) is 6.92 Å². The normalized spacial score (nSPS) is 14.0. The smallest absolute Gasteiger partial charge is 0.282 e. The van der Waals surface area contributed by atoms with Crippen molar-refractivity contribution in [1.82, 2.24) is 0 Å². The molecule has 144 valence electrons. The van der Waals surface area contributed by atoms with E-state index in [0.29, 0.717) is 22.0 Å². The van der Waals surface area contributed by atoms with Gasteiger partial charge in [-0.1, -0.05) is 53.6 Å². The van der Waals surface area contributed by atoms with Gasteiger partial charge >= 0.3 is 0 Å². The monoisotopic (exact) mass is 406 g/mol. The summed E-state index contributed by atoms with van der Waals surface area (Å²) in [5.74, 6) is -1.45. The van der Waals surface area contributed by atoms with Gasteiger partial charge in [0.25, 0.3) is 11.8 Å². The van der Waals surface area contributed by atoms with Crippen LogP contribution in [0.1, 0.15) is 11.1 Å². The molecule has 1 heterocycles. The molecule has 1 aliphatic heterocycles. The van der Waals surface area contributed by atoms with Gasteiger partial charge in [-0.25, -0.2) is 9.29 Å². The zero-order chi connectivity index (χ0) is 20.5. The lowest BCUT2D eigenvalue weighted by molar-refractivity contribution is -0.120. The Labute approximate surface area is 172 Å². The number of carbonyl (C=O) groups is 2.